The van der Waals surface area contributed by atoms with Crippen molar-refractivity contribution >= 4 is 5.91 Å². The van der Waals surface area contributed by atoms with Crippen molar-refractivity contribution in [1.82, 2.24) is 24.8 Å². The minimum atomic E-state index is -0.411. The minimum Gasteiger partial charge on any atom is -0.348 e. The van der Waals surface area contributed by atoms with E-state index in [1.54, 1.807) is 4.90 Å². The molecule has 1 aliphatic rings. The monoisotopic (exact) mass is 429 g/mol. The summed E-state index contributed by atoms with van der Waals surface area (Å²) in [5, 5.41) is 0. The lowest BCUT2D eigenvalue weighted by atomic mass is 9.79. The molecule has 1 fully saturated rings. The van der Waals surface area contributed by atoms with E-state index in [1.807, 2.05) is 51.0 Å². The van der Waals surface area contributed by atoms with Crippen molar-refractivity contribution in [2.75, 3.05) is 27.2 Å². The van der Waals surface area contributed by atoms with E-state index >= 15 is 0 Å². The average molecular weight is 430 g/mol. The average Bonchev–Trinajstić information content (AvgIpc) is 3.23. The van der Waals surface area contributed by atoms with Gasteiger partial charge in [-0.1, -0.05) is 31.2 Å². The summed E-state index contributed by atoms with van der Waals surface area (Å²) < 4.78 is 0. The molecule has 0 radical (unpaired) electrons. The van der Waals surface area contributed by atoms with Crippen molar-refractivity contribution in [2.24, 2.45) is 5.41 Å². The first-order valence-electron chi connectivity index (χ1n) is 11.2. The molecular formula is C26H31N5O. The molecule has 6 heteroatoms. The molecule has 4 rings (SSSR count). The Labute approximate surface area is 190 Å². The van der Waals surface area contributed by atoms with Gasteiger partial charge in [-0.15, -0.1) is 0 Å². The van der Waals surface area contributed by atoms with Gasteiger partial charge in [0.1, 0.15) is 5.82 Å². The van der Waals surface area contributed by atoms with Crippen molar-refractivity contribution in [2.45, 2.75) is 32.7 Å². The maximum Gasteiger partial charge on any atom is 0.229 e. The Balaban J connectivity index is 1.50. The fourth-order valence-electron chi connectivity index (χ4n) is 4.62. The molecule has 1 amide bonds. The summed E-state index contributed by atoms with van der Waals surface area (Å²) in [6.07, 6.45) is 9.87. The van der Waals surface area contributed by atoms with Crippen LogP contribution in [0, 0.1) is 5.41 Å². The Bertz CT molecular complexity index is 1030. The molecule has 3 heterocycles. The second kappa shape index (κ2) is 9.57. The van der Waals surface area contributed by atoms with Gasteiger partial charge in [0.15, 0.2) is 0 Å². The maximum atomic E-state index is 13.3. The molecule has 0 spiro atoms. The van der Waals surface area contributed by atoms with Crippen LogP contribution in [0.25, 0.3) is 11.1 Å². The molecule has 6 nitrogen and oxygen atoms in total. The van der Waals surface area contributed by atoms with Gasteiger partial charge in [0.2, 0.25) is 5.91 Å². The Morgan fingerprint density at radius 2 is 1.66 bits per heavy atom. The lowest BCUT2D eigenvalue weighted by Gasteiger charge is -2.31. The molecule has 0 unspecified atom stereocenters. The van der Waals surface area contributed by atoms with Crippen molar-refractivity contribution in [3.63, 3.8) is 0 Å². The summed E-state index contributed by atoms with van der Waals surface area (Å²) in [6.45, 7) is 4.46. The summed E-state index contributed by atoms with van der Waals surface area (Å²) in [7, 11) is 3.72. The number of hydrogen-bond acceptors (Lipinski definition) is 5. The zero-order valence-corrected chi connectivity index (χ0v) is 19.2. The minimum absolute atomic E-state index is 0.204. The van der Waals surface area contributed by atoms with E-state index in [1.165, 1.54) is 5.56 Å². The quantitative estimate of drug-likeness (QED) is 0.574. The smallest absolute Gasteiger partial charge is 0.229 e. The van der Waals surface area contributed by atoms with Gasteiger partial charge in [0.05, 0.1) is 5.41 Å². The van der Waals surface area contributed by atoms with E-state index < -0.39 is 5.41 Å². The predicted octanol–water partition coefficient (Wildman–Crippen LogP) is 3.62. The van der Waals surface area contributed by atoms with Crippen LogP contribution in [0.15, 0.2) is 61.2 Å². The topological polar surface area (TPSA) is 62.2 Å². The summed E-state index contributed by atoms with van der Waals surface area (Å²) in [6, 6.07) is 12.6. The second-order valence-corrected chi connectivity index (χ2v) is 8.91. The van der Waals surface area contributed by atoms with Gasteiger partial charge in [0.25, 0.3) is 0 Å². The largest absolute Gasteiger partial charge is 0.348 e. The third-order valence-electron chi connectivity index (χ3n) is 6.28. The third kappa shape index (κ3) is 4.86. The normalized spacial score (nSPS) is 18.6. The Morgan fingerprint density at radius 3 is 2.28 bits per heavy atom. The van der Waals surface area contributed by atoms with Crippen molar-refractivity contribution in [1.29, 1.82) is 0 Å². The SMILES string of the molecule is CCc1ncc(CN2CC[C@@](Cc3ccc(-c4ccncc4)cc3)(C(=O)N(C)C)C2)cn1. The number of hydrogen-bond donors (Lipinski definition) is 0. The fourth-order valence-corrected chi connectivity index (χ4v) is 4.62. The van der Waals surface area contributed by atoms with Crippen LogP contribution in [-0.4, -0.2) is 57.8 Å². The zero-order valence-electron chi connectivity index (χ0n) is 19.2. The number of nitrogens with zero attached hydrogens (tertiary/aromatic N) is 5. The molecule has 1 saturated heterocycles. The van der Waals surface area contributed by atoms with Crippen LogP contribution in [0.5, 0.6) is 0 Å². The highest BCUT2D eigenvalue weighted by molar-refractivity contribution is 5.83. The molecule has 1 atom stereocenters. The number of likely N-dealkylation sites (tertiary alicyclic amines) is 1. The summed E-state index contributed by atoms with van der Waals surface area (Å²) in [4.78, 5) is 30.4. The number of benzene rings is 1. The number of amides is 1. The van der Waals surface area contributed by atoms with Gasteiger partial charge in [0, 0.05) is 64.0 Å². The number of pyridine rings is 1. The van der Waals surface area contributed by atoms with E-state index in [-0.39, 0.29) is 5.91 Å². The van der Waals surface area contributed by atoms with Gasteiger partial charge >= 0.3 is 0 Å². The molecule has 1 aromatic carbocycles. The van der Waals surface area contributed by atoms with E-state index in [0.717, 1.165) is 61.4 Å². The lowest BCUT2D eigenvalue weighted by molar-refractivity contribution is -0.138. The highest BCUT2D eigenvalue weighted by Gasteiger charge is 2.45. The van der Waals surface area contributed by atoms with Crippen molar-refractivity contribution in [3.05, 3.63) is 78.1 Å². The molecule has 0 bridgehead atoms. The first-order chi connectivity index (χ1) is 15.5. The predicted molar refractivity (Wildman–Crippen MR) is 126 cm³/mol. The molecule has 1 aliphatic heterocycles. The van der Waals surface area contributed by atoms with Gasteiger partial charge in [-0.3, -0.25) is 14.7 Å². The van der Waals surface area contributed by atoms with E-state index in [9.17, 15) is 4.79 Å². The van der Waals surface area contributed by atoms with Crippen molar-refractivity contribution < 1.29 is 4.79 Å². The van der Waals surface area contributed by atoms with Crippen LogP contribution in [0.4, 0.5) is 0 Å². The maximum absolute atomic E-state index is 13.3. The number of carbonyl (C=O) groups excluding carboxylic acids is 1. The third-order valence-corrected chi connectivity index (χ3v) is 6.28. The first kappa shape index (κ1) is 22.1. The van der Waals surface area contributed by atoms with Crippen LogP contribution < -0.4 is 0 Å². The fraction of sp³-hybridized carbons (Fsp3) is 0.385. The molecule has 166 valence electrons. The van der Waals surface area contributed by atoms with E-state index in [0.29, 0.717) is 0 Å². The lowest BCUT2D eigenvalue weighted by Crippen LogP contribution is -2.43. The zero-order chi connectivity index (χ0) is 22.6. The van der Waals surface area contributed by atoms with Gasteiger partial charge in [-0.25, -0.2) is 9.97 Å². The number of aromatic nitrogens is 3. The summed E-state index contributed by atoms with van der Waals surface area (Å²) >= 11 is 0. The number of carbonyl (C=O) groups is 1. The molecule has 0 saturated carbocycles. The standard InChI is InChI=1S/C26H31N5O/c1-4-24-28-16-21(17-29-24)18-31-14-11-26(19-31,25(32)30(2)3)15-20-5-7-22(8-6-20)23-9-12-27-13-10-23/h5-10,12-13,16-17H,4,11,14-15,18-19H2,1-3H3/t26-/m0/s1. The Morgan fingerprint density at radius 1 is 1.00 bits per heavy atom. The van der Waals surface area contributed by atoms with Gasteiger partial charge in [-0.2, -0.15) is 0 Å². The molecule has 32 heavy (non-hydrogen) atoms. The summed E-state index contributed by atoms with van der Waals surface area (Å²) in [5.74, 6) is 1.07. The first-order valence-corrected chi connectivity index (χ1v) is 11.2. The molecule has 2 aromatic heterocycles. The van der Waals surface area contributed by atoms with Crippen molar-refractivity contribution in [3.8, 4) is 11.1 Å². The molecule has 3 aromatic rings. The highest BCUT2D eigenvalue weighted by atomic mass is 16.2. The van der Waals surface area contributed by atoms with Crippen LogP contribution in [-0.2, 0) is 24.2 Å². The van der Waals surface area contributed by atoms with Crippen LogP contribution in [0.1, 0.15) is 30.3 Å². The molecule has 0 aliphatic carbocycles. The Hall–Kier alpha value is -3.12. The van der Waals surface area contributed by atoms with E-state index in [4.69, 9.17) is 0 Å². The number of rotatable bonds is 7. The number of aryl methyl sites for hydroxylation is 1. The van der Waals surface area contributed by atoms with Crippen LogP contribution in [0.3, 0.4) is 0 Å². The van der Waals surface area contributed by atoms with Gasteiger partial charge in [-0.05, 0) is 48.2 Å². The highest BCUT2D eigenvalue weighted by Crippen LogP contribution is 2.37. The Kier molecular flexibility index (Phi) is 6.61. The molecular weight excluding hydrogens is 398 g/mol. The van der Waals surface area contributed by atoms with Gasteiger partial charge < -0.3 is 4.90 Å². The van der Waals surface area contributed by atoms with Crippen LogP contribution in [0.2, 0.25) is 0 Å². The van der Waals surface area contributed by atoms with Crippen LogP contribution >= 0.6 is 0 Å². The molecule has 0 N–H and O–H groups in total. The van der Waals surface area contributed by atoms with E-state index in [2.05, 4.69) is 51.0 Å². The summed E-state index contributed by atoms with van der Waals surface area (Å²) in [5.41, 5.74) is 4.18. The second-order valence-electron chi connectivity index (χ2n) is 8.91.